The summed E-state index contributed by atoms with van der Waals surface area (Å²) in [5, 5.41) is 2.46. The van der Waals surface area contributed by atoms with Gasteiger partial charge in [0.25, 0.3) is 0 Å². The van der Waals surface area contributed by atoms with Crippen LogP contribution in [0.4, 0.5) is 11.4 Å². The molecule has 3 aliphatic rings. The zero-order chi connectivity index (χ0) is 24.2. The highest BCUT2D eigenvalue weighted by Gasteiger charge is 2.28. The molecule has 2 amide bonds. The van der Waals surface area contributed by atoms with Gasteiger partial charge in [-0.1, -0.05) is 12.1 Å². The second-order valence-corrected chi connectivity index (χ2v) is 11.4. The highest BCUT2D eigenvalue weighted by atomic mass is 127. The van der Waals surface area contributed by atoms with Crippen LogP contribution in [0.5, 0.6) is 0 Å². The molecule has 0 bridgehead atoms. The third-order valence-corrected chi connectivity index (χ3v) is 8.65. The first-order valence-corrected chi connectivity index (χ1v) is 14.0. The van der Waals surface area contributed by atoms with E-state index in [0.29, 0.717) is 12.8 Å². The smallest absolute Gasteiger partial charge is 0.234 e. The Morgan fingerprint density at radius 1 is 0.771 bits per heavy atom. The van der Waals surface area contributed by atoms with Crippen molar-refractivity contribution in [3.63, 3.8) is 0 Å². The second-order valence-electron chi connectivity index (χ2n) is 10.1. The normalized spacial score (nSPS) is 22.4. The number of carbonyl (C=O) groups is 2. The summed E-state index contributed by atoms with van der Waals surface area (Å²) in [6, 6.07) is 17.3. The van der Waals surface area contributed by atoms with Gasteiger partial charge < -0.3 is 9.80 Å². The molecule has 2 aromatic rings. The summed E-state index contributed by atoms with van der Waals surface area (Å²) in [5.41, 5.74) is 3.60. The van der Waals surface area contributed by atoms with E-state index in [0.717, 1.165) is 37.7 Å². The number of piperidine rings is 2. The van der Waals surface area contributed by atoms with Crippen LogP contribution in [0, 0.1) is 9.49 Å². The molecule has 0 aliphatic carbocycles. The van der Waals surface area contributed by atoms with Crippen molar-refractivity contribution in [2.75, 3.05) is 55.6 Å². The largest absolute Gasteiger partial charge is 0.372 e. The lowest BCUT2D eigenvalue weighted by Crippen LogP contribution is -2.47. The molecule has 0 spiro atoms. The van der Waals surface area contributed by atoms with Gasteiger partial charge in [0.1, 0.15) is 0 Å². The highest BCUT2D eigenvalue weighted by molar-refractivity contribution is 14.1. The van der Waals surface area contributed by atoms with Gasteiger partial charge >= 0.3 is 0 Å². The number of piperazine rings is 1. The van der Waals surface area contributed by atoms with Crippen LogP contribution < -0.4 is 15.1 Å². The van der Waals surface area contributed by atoms with Crippen molar-refractivity contribution in [3.8, 4) is 0 Å². The van der Waals surface area contributed by atoms with Crippen LogP contribution in [-0.2, 0) is 9.59 Å². The first-order chi connectivity index (χ1) is 17.0. The van der Waals surface area contributed by atoms with Crippen molar-refractivity contribution in [2.24, 2.45) is 5.92 Å². The Kier molecular flexibility index (Phi) is 7.92. The summed E-state index contributed by atoms with van der Waals surface area (Å²) >= 11 is 2.37. The molecule has 1 atom stereocenters. The molecule has 0 aromatic heterocycles. The van der Waals surface area contributed by atoms with Crippen LogP contribution in [-0.4, -0.2) is 62.5 Å². The van der Waals surface area contributed by atoms with Gasteiger partial charge in [0.2, 0.25) is 11.8 Å². The molecule has 2 aromatic carbocycles. The van der Waals surface area contributed by atoms with Crippen LogP contribution in [0.15, 0.2) is 48.5 Å². The average Bonchev–Trinajstić information content (AvgIpc) is 2.89. The third kappa shape index (κ3) is 6.17. The number of anilines is 2. The van der Waals surface area contributed by atoms with Crippen molar-refractivity contribution < 1.29 is 9.59 Å². The molecule has 1 N–H and O–H groups in total. The van der Waals surface area contributed by atoms with Crippen molar-refractivity contribution in [1.29, 1.82) is 0 Å². The Morgan fingerprint density at radius 3 is 2.00 bits per heavy atom. The molecule has 3 saturated heterocycles. The number of nitrogens with zero attached hydrogens (tertiary/aromatic N) is 3. The van der Waals surface area contributed by atoms with Crippen molar-refractivity contribution in [3.05, 3.63) is 57.7 Å². The molecule has 3 aliphatic heterocycles. The van der Waals surface area contributed by atoms with Gasteiger partial charge in [-0.2, -0.15) is 0 Å². The molecule has 35 heavy (non-hydrogen) atoms. The fourth-order valence-corrected chi connectivity index (χ4v) is 6.02. The van der Waals surface area contributed by atoms with Gasteiger partial charge in [0, 0.05) is 60.6 Å². The molecule has 186 valence electrons. The minimum atomic E-state index is -0.206. The SMILES string of the molecule is O=C1CCC(c2ccc(N3CCN(CCC4CCN(c5ccc(I)cc5)CC4)CC3)cc2)C(=O)N1. The first kappa shape index (κ1) is 24.6. The molecule has 5 rings (SSSR count). The van der Waals surface area contributed by atoms with Gasteiger partial charge in [-0.3, -0.25) is 19.8 Å². The fraction of sp³-hybridized carbons (Fsp3) is 0.500. The summed E-state index contributed by atoms with van der Waals surface area (Å²) in [4.78, 5) is 31.2. The van der Waals surface area contributed by atoms with Gasteiger partial charge in [-0.15, -0.1) is 0 Å². The van der Waals surface area contributed by atoms with Crippen molar-refractivity contribution >= 4 is 45.8 Å². The minimum Gasteiger partial charge on any atom is -0.372 e. The standard InChI is InChI=1S/C28H35IN4O2/c29-23-3-7-25(8-4-23)32-15-12-21(13-16-32)11-14-31-17-19-33(20-18-31)24-5-1-22(2-6-24)26-9-10-27(34)30-28(26)35/h1-8,21,26H,9-20H2,(H,30,34,35). The summed E-state index contributed by atoms with van der Waals surface area (Å²) in [6.45, 7) is 7.86. The van der Waals surface area contributed by atoms with E-state index in [4.69, 9.17) is 0 Å². The predicted octanol–water partition coefficient (Wildman–Crippen LogP) is 4.24. The van der Waals surface area contributed by atoms with E-state index in [1.807, 2.05) is 0 Å². The van der Waals surface area contributed by atoms with E-state index in [1.54, 1.807) is 0 Å². The lowest BCUT2D eigenvalue weighted by molar-refractivity contribution is -0.134. The fourth-order valence-electron chi connectivity index (χ4n) is 5.66. The van der Waals surface area contributed by atoms with Crippen LogP contribution in [0.3, 0.4) is 0 Å². The minimum absolute atomic E-state index is 0.159. The summed E-state index contributed by atoms with van der Waals surface area (Å²) in [6.07, 6.45) is 4.93. The van der Waals surface area contributed by atoms with E-state index in [1.165, 1.54) is 53.8 Å². The van der Waals surface area contributed by atoms with Gasteiger partial charge in [-0.25, -0.2) is 0 Å². The number of benzene rings is 2. The summed E-state index contributed by atoms with van der Waals surface area (Å²) in [5.74, 6) is 0.311. The average molecular weight is 587 g/mol. The number of hydrogen-bond acceptors (Lipinski definition) is 5. The topological polar surface area (TPSA) is 55.9 Å². The van der Waals surface area contributed by atoms with Crippen LogP contribution in [0.2, 0.25) is 0 Å². The lowest BCUT2D eigenvalue weighted by atomic mass is 9.90. The number of amides is 2. The predicted molar refractivity (Wildman–Crippen MR) is 149 cm³/mol. The Balaban J connectivity index is 1.03. The molecular formula is C28H35IN4O2. The van der Waals surface area contributed by atoms with E-state index in [-0.39, 0.29) is 17.7 Å². The van der Waals surface area contributed by atoms with Gasteiger partial charge in [-0.05, 0) is 103 Å². The summed E-state index contributed by atoms with van der Waals surface area (Å²) in [7, 11) is 0. The van der Waals surface area contributed by atoms with Crippen molar-refractivity contribution in [2.45, 2.75) is 38.0 Å². The zero-order valence-electron chi connectivity index (χ0n) is 20.3. The van der Waals surface area contributed by atoms with Crippen LogP contribution in [0.1, 0.15) is 43.6 Å². The maximum absolute atomic E-state index is 12.1. The monoisotopic (exact) mass is 586 g/mol. The molecule has 0 radical (unpaired) electrons. The van der Waals surface area contributed by atoms with Gasteiger partial charge in [0.05, 0.1) is 5.92 Å². The number of imide groups is 1. The quantitative estimate of drug-likeness (QED) is 0.406. The molecule has 6 nitrogen and oxygen atoms in total. The molecule has 3 fully saturated rings. The first-order valence-electron chi connectivity index (χ1n) is 13.0. The van der Waals surface area contributed by atoms with Crippen molar-refractivity contribution in [1.82, 2.24) is 10.2 Å². The molecule has 1 unspecified atom stereocenters. The Morgan fingerprint density at radius 2 is 1.37 bits per heavy atom. The number of halogens is 1. The van der Waals surface area contributed by atoms with Crippen LogP contribution in [0.25, 0.3) is 0 Å². The van der Waals surface area contributed by atoms with E-state index in [2.05, 4.69) is 91.1 Å². The molecule has 0 saturated carbocycles. The lowest BCUT2D eigenvalue weighted by Gasteiger charge is -2.38. The Labute approximate surface area is 222 Å². The van der Waals surface area contributed by atoms with Gasteiger partial charge in [0.15, 0.2) is 0 Å². The number of carbonyl (C=O) groups excluding carboxylic acids is 2. The van der Waals surface area contributed by atoms with E-state index < -0.39 is 0 Å². The van der Waals surface area contributed by atoms with E-state index >= 15 is 0 Å². The Hall–Kier alpha value is -2.13. The zero-order valence-corrected chi connectivity index (χ0v) is 22.5. The van der Waals surface area contributed by atoms with E-state index in [9.17, 15) is 9.59 Å². The number of rotatable bonds is 6. The maximum atomic E-state index is 12.1. The molecule has 3 heterocycles. The molecule has 7 heteroatoms. The highest BCUT2D eigenvalue weighted by Crippen LogP contribution is 2.28. The number of nitrogens with one attached hydrogen (secondary N) is 1. The Bertz CT molecular complexity index is 1010. The second kappa shape index (κ2) is 11.3. The molecular weight excluding hydrogens is 551 g/mol. The third-order valence-electron chi connectivity index (χ3n) is 7.93. The maximum Gasteiger partial charge on any atom is 0.234 e. The number of hydrogen-bond donors (Lipinski definition) is 1. The van der Waals surface area contributed by atoms with Crippen LogP contribution >= 0.6 is 22.6 Å². The summed E-state index contributed by atoms with van der Waals surface area (Å²) < 4.78 is 1.30.